The van der Waals surface area contributed by atoms with Crippen molar-refractivity contribution in [3.8, 4) is 11.5 Å². The van der Waals surface area contributed by atoms with Crippen molar-refractivity contribution in [2.24, 2.45) is 0 Å². The molecule has 1 aliphatic heterocycles. The summed E-state index contributed by atoms with van der Waals surface area (Å²) in [5, 5.41) is 2.80. The van der Waals surface area contributed by atoms with Crippen molar-refractivity contribution >= 4 is 17.7 Å². The molecule has 4 rings (SSSR count). The minimum Gasteiger partial charge on any atom is -0.493 e. The Bertz CT molecular complexity index is 1120. The monoisotopic (exact) mass is 430 g/mol. The Balaban J connectivity index is 1.29. The lowest BCUT2D eigenvalue weighted by atomic mass is 10.1. The normalized spacial score (nSPS) is 12.5. The molecule has 3 amide bonds. The molecule has 0 spiro atoms. The molecule has 1 aliphatic rings. The molecular formula is C25H22N2O5. The van der Waals surface area contributed by atoms with Crippen LogP contribution < -0.4 is 14.8 Å². The number of ether oxygens (including phenoxy) is 2. The number of carbonyl (C=O) groups is 3. The third kappa shape index (κ3) is 4.32. The molecule has 0 atom stereocenters. The van der Waals surface area contributed by atoms with E-state index in [0.717, 1.165) is 5.56 Å². The van der Waals surface area contributed by atoms with Crippen molar-refractivity contribution in [3.05, 3.63) is 95.1 Å². The number of amides is 3. The third-order valence-corrected chi connectivity index (χ3v) is 5.15. The molecule has 7 heteroatoms. The van der Waals surface area contributed by atoms with Crippen LogP contribution in [0.5, 0.6) is 11.5 Å². The number of carbonyl (C=O) groups excluding carboxylic acids is 3. The van der Waals surface area contributed by atoms with E-state index in [4.69, 9.17) is 9.47 Å². The second kappa shape index (κ2) is 9.34. The summed E-state index contributed by atoms with van der Waals surface area (Å²) in [6.07, 6.45) is 0. The number of benzene rings is 3. The summed E-state index contributed by atoms with van der Waals surface area (Å²) in [5.41, 5.74) is 2.08. The highest BCUT2D eigenvalue weighted by Crippen LogP contribution is 2.26. The number of rotatable bonds is 8. The van der Waals surface area contributed by atoms with Gasteiger partial charge in [-0.2, -0.15) is 0 Å². The van der Waals surface area contributed by atoms with Crippen molar-refractivity contribution < 1.29 is 23.9 Å². The number of fused-ring (bicyclic) bond motifs is 1. The number of nitrogens with one attached hydrogen (secondary N) is 1. The van der Waals surface area contributed by atoms with Crippen molar-refractivity contribution in [1.82, 2.24) is 10.2 Å². The molecular weight excluding hydrogens is 408 g/mol. The number of imide groups is 1. The molecule has 7 nitrogen and oxygen atoms in total. The summed E-state index contributed by atoms with van der Waals surface area (Å²) in [6.45, 7) is 0.776. The zero-order chi connectivity index (χ0) is 22.5. The van der Waals surface area contributed by atoms with Crippen LogP contribution in [0.25, 0.3) is 0 Å². The summed E-state index contributed by atoms with van der Waals surface area (Å²) in [6, 6.07) is 20.9. The average molecular weight is 430 g/mol. The van der Waals surface area contributed by atoms with Gasteiger partial charge in [0.1, 0.15) is 6.61 Å². The van der Waals surface area contributed by atoms with Crippen LogP contribution in [-0.4, -0.2) is 42.9 Å². The smallest absolute Gasteiger partial charge is 0.261 e. The van der Waals surface area contributed by atoms with E-state index < -0.39 is 0 Å². The minimum absolute atomic E-state index is 0.154. The fourth-order valence-electron chi connectivity index (χ4n) is 3.49. The maximum atomic E-state index is 12.5. The van der Waals surface area contributed by atoms with E-state index >= 15 is 0 Å². The van der Waals surface area contributed by atoms with Gasteiger partial charge in [0, 0.05) is 5.56 Å². The Hall–Kier alpha value is -4.13. The standard InChI is InChI=1S/C25H22N2O5/c1-31-21-8-4-5-9-22(21)32-15-14-26-23(28)18-12-10-17(11-13-18)16-27-24(29)19-6-2-3-7-20(19)25(27)30/h2-13H,14-16H2,1H3,(H,26,28). The molecule has 32 heavy (non-hydrogen) atoms. The largest absolute Gasteiger partial charge is 0.493 e. The van der Waals surface area contributed by atoms with Crippen molar-refractivity contribution in [2.75, 3.05) is 20.3 Å². The first-order valence-electron chi connectivity index (χ1n) is 10.2. The van der Waals surface area contributed by atoms with Gasteiger partial charge < -0.3 is 14.8 Å². The first-order chi connectivity index (χ1) is 15.6. The first-order valence-corrected chi connectivity index (χ1v) is 10.2. The predicted octanol–water partition coefficient (Wildman–Crippen LogP) is 3.30. The zero-order valence-electron chi connectivity index (χ0n) is 17.5. The fourth-order valence-corrected chi connectivity index (χ4v) is 3.49. The van der Waals surface area contributed by atoms with Crippen molar-refractivity contribution in [1.29, 1.82) is 0 Å². The molecule has 0 fully saturated rings. The summed E-state index contributed by atoms with van der Waals surface area (Å²) >= 11 is 0. The summed E-state index contributed by atoms with van der Waals surface area (Å²) in [7, 11) is 1.57. The van der Waals surface area contributed by atoms with E-state index in [1.54, 1.807) is 67.8 Å². The van der Waals surface area contributed by atoms with E-state index in [2.05, 4.69) is 5.32 Å². The van der Waals surface area contributed by atoms with Crippen LogP contribution in [0.4, 0.5) is 0 Å². The van der Waals surface area contributed by atoms with E-state index in [9.17, 15) is 14.4 Å². The molecule has 0 bridgehead atoms. The number of para-hydroxylation sites is 2. The molecule has 3 aromatic carbocycles. The second-order valence-electron chi connectivity index (χ2n) is 7.19. The maximum Gasteiger partial charge on any atom is 0.261 e. The highest BCUT2D eigenvalue weighted by molar-refractivity contribution is 6.21. The molecule has 1 N–H and O–H groups in total. The molecule has 0 aromatic heterocycles. The van der Waals surface area contributed by atoms with Crippen LogP contribution in [0.15, 0.2) is 72.8 Å². The summed E-state index contributed by atoms with van der Waals surface area (Å²) < 4.78 is 10.9. The Morgan fingerprint density at radius 2 is 1.44 bits per heavy atom. The maximum absolute atomic E-state index is 12.5. The van der Waals surface area contributed by atoms with E-state index in [1.165, 1.54) is 4.90 Å². The quantitative estimate of drug-likeness (QED) is 0.438. The van der Waals surface area contributed by atoms with Gasteiger partial charge in [-0.25, -0.2) is 0 Å². The Morgan fingerprint density at radius 3 is 2.06 bits per heavy atom. The van der Waals surface area contributed by atoms with Gasteiger partial charge in [-0.15, -0.1) is 0 Å². The number of hydrogen-bond donors (Lipinski definition) is 1. The zero-order valence-corrected chi connectivity index (χ0v) is 17.5. The third-order valence-electron chi connectivity index (χ3n) is 5.15. The highest BCUT2D eigenvalue weighted by atomic mass is 16.5. The second-order valence-corrected chi connectivity index (χ2v) is 7.19. The van der Waals surface area contributed by atoms with Crippen LogP contribution in [0, 0.1) is 0 Å². The van der Waals surface area contributed by atoms with Crippen molar-refractivity contribution in [3.63, 3.8) is 0 Å². The van der Waals surface area contributed by atoms with Gasteiger partial charge in [-0.05, 0) is 42.0 Å². The Kier molecular flexibility index (Phi) is 6.17. The molecule has 0 radical (unpaired) electrons. The molecule has 0 unspecified atom stereocenters. The SMILES string of the molecule is COc1ccccc1OCCNC(=O)c1ccc(CN2C(=O)c3ccccc3C2=O)cc1. The molecule has 3 aromatic rings. The predicted molar refractivity (Wildman–Crippen MR) is 118 cm³/mol. The van der Waals surface area contributed by atoms with Gasteiger partial charge in [0.05, 0.1) is 31.3 Å². The van der Waals surface area contributed by atoms with Gasteiger partial charge in [0.2, 0.25) is 0 Å². The van der Waals surface area contributed by atoms with Crippen LogP contribution in [0.1, 0.15) is 36.6 Å². The average Bonchev–Trinajstić information content (AvgIpc) is 3.07. The van der Waals surface area contributed by atoms with Crippen LogP contribution in [0.3, 0.4) is 0 Å². The van der Waals surface area contributed by atoms with E-state index in [1.807, 2.05) is 12.1 Å². The van der Waals surface area contributed by atoms with Crippen molar-refractivity contribution in [2.45, 2.75) is 6.54 Å². The van der Waals surface area contributed by atoms with Gasteiger partial charge in [-0.1, -0.05) is 36.4 Å². The molecule has 162 valence electrons. The van der Waals surface area contributed by atoms with E-state index in [-0.39, 0.29) is 24.3 Å². The molecule has 0 saturated heterocycles. The van der Waals surface area contributed by atoms with E-state index in [0.29, 0.717) is 41.3 Å². The van der Waals surface area contributed by atoms with Gasteiger partial charge in [0.15, 0.2) is 11.5 Å². The number of methoxy groups -OCH3 is 1. The number of nitrogens with zero attached hydrogens (tertiary/aromatic N) is 1. The summed E-state index contributed by atoms with van der Waals surface area (Å²) in [4.78, 5) is 38.6. The van der Waals surface area contributed by atoms with Crippen LogP contribution in [0.2, 0.25) is 0 Å². The minimum atomic E-state index is -0.303. The Labute approximate surface area is 185 Å². The lowest BCUT2D eigenvalue weighted by molar-refractivity contribution is 0.0641. The topological polar surface area (TPSA) is 84.9 Å². The highest BCUT2D eigenvalue weighted by Gasteiger charge is 2.34. The fraction of sp³-hybridized carbons (Fsp3) is 0.160. The van der Waals surface area contributed by atoms with Crippen LogP contribution >= 0.6 is 0 Å². The first kappa shape index (κ1) is 21.1. The lowest BCUT2D eigenvalue weighted by Gasteiger charge is -2.14. The lowest BCUT2D eigenvalue weighted by Crippen LogP contribution is -2.29. The molecule has 0 saturated carbocycles. The number of hydrogen-bond acceptors (Lipinski definition) is 5. The summed E-state index contributed by atoms with van der Waals surface area (Å²) in [5.74, 6) is 0.403. The van der Waals surface area contributed by atoms with Crippen LogP contribution in [-0.2, 0) is 6.54 Å². The Morgan fingerprint density at radius 1 is 0.844 bits per heavy atom. The van der Waals surface area contributed by atoms with Gasteiger partial charge in [0.25, 0.3) is 17.7 Å². The molecule has 0 aliphatic carbocycles. The van der Waals surface area contributed by atoms with Gasteiger partial charge >= 0.3 is 0 Å². The van der Waals surface area contributed by atoms with Gasteiger partial charge in [-0.3, -0.25) is 19.3 Å². The molecule has 1 heterocycles.